The number of para-hydroxylation sites is 2. The van der Waals surface area contributed by atoms with Crippen molar-refractivity contribution in [1.82, 2.24) is 0 Å². The first-order chi connectivity index (χ1) is 17.1. The molecule has 1 unspecified atom stereocenters. The molecule has 0 saturated carbocycles. The maximum atomic E-state index is 12.3. The van der Waals surface area contributed by atoms with Crippen LogP contribution in [0.3, 0.4) is 0 Å². The number of carbonyl (C=O) groups excluding carboxylic acids is 1. The normalized spacial score (nSPS) is 15.1. The number of benzene rings is 3. The number of methoxy groups -OCH3 is 1. The first kappa shape index (κ1) is 24.2. The first-order valence-electron chi connectivity index (χ1n) is 11.9. The molecular formula is C29H31NO5. The van der Waals surface area contributed by atoms with Crippen molar-refractivity contribution in [2.45, 2.75) is 26.5 Å². The lowest BCUT2D eigenvalue weighted by molar-refractivity contribution is -0.142. The Morgan fingerprint density at radius 1 is 1.00 bits per heavy atom. The van der Waals surface area contributed by atoms with E-state index in [1.165, 1.54) is 5.56 Å². The minimum atomic E-state index is -0.496. The molecule has 1 aliphatic rings. The number of ether oxygens (including phenoxy) is 4. The van der Waals surface area contributed by atoms with Crippen molar-refractivity contribution >= 4 is 17.7 Å². The predicted molar refractivity (Wildman–Crippen MR) is 137 cm³/mol. The number of fused-ring (bicyclic) bond motifs is 1. The molecule has 3 aromatic carbocycles. The monoisotopic (exact) mass is 473 g/mol. The number of esters is 1. The van der Waals surface area contributed by atoms with E-state index >= 15 is 0 Å². The summed E-state index contributed by atoms with van der Waals surface area (Å²) in [6, 6.07) is 24.4. The Labute approximate surface area is 206 Å². The third-order valence-corrected chi connectivity index (χ3v) is 5.77. The summed E-state index contributed by atoms with van der Waals surface area (Å²) >= 11 is 0. The van der Waals surface area contributed by atoms with Crippen LogP contribution in [0.1, 0.15) is 36.6 Å². The summed E-state index contributed by atoms with van der Waals surface area (Å²) in [5, 5.41) is 0. The van der Waals surface area contributed by atoms with Gasteiger partial charge in [-0.15, -0.1) is 0 Å². The molecule has 1 aliphatic heterocycles. The molecule has 182 valence electrons. The molecule has 0 N–H and O–H groups in total. The number of anilines is 1. The summed E-state index contributed by atoms with van der Waals surface area (Å²) in [6.07, 6.45) is 1.47. The lowest BCUT2D eigenvalue weighted by atomic mass is 10.0. The van der Waals surface area contributed by atoms with Gasteiger partial charge < -0.3 is 23.8 Å². The minimum Gasteiger partial charge on any atom is -0.496 e. The van der Waals surface area contributed by atoms with E-state index in [4.69, 9.17) is 18.9 Å². The number of hydrogen-bond acceptors (Lipinski definition) is 6. The van der Waals surface area contributed by atoms with Crippen molar-refractivity contribution in [3.05, 3.63) is 95.2 Å². The topological polar surface area (TPSA) is 57.2 Å². The lowest BCUT2D eigenvalue weighted by Crippen LogP contribution is -2.34. The highest BCUT2D eigenvalue weighted by Gasteiger charge is 2.27. The summed E-state index contributed by atoms with van der Waals surface area (Å²) < 4.78 is 22.7. The minimum absolute atomic E-state index is 0.150. The number of hydrogen-bond donors (Lipinski definition) is 0. The molecule has 4 rings (SSSR count). The van der Waals surface area contributed by atoms with Gasteiger partial charge in [-0.05, 0) is 49.2 Å². The zero-order chi connectivity index (χ0) is 24.6. The Morgan fingerprint density at radius 2 is 1.74 bits per heavy atom. The van der Waals surface area contributed by atoms with Crippen molar-refractivity contribution in [2.75, 3.05) is 31.8 Å². The van der Waals surface area contributed by atoms with Crippen LogP contribution in [-0.4, -0.2) is 32.8 Å². The second-order valence-corrected chi connectivity index (χ2v) is 8.10. The van der Waals surface area contributed by atoms with Crippen LogP contribution in [0.2, 0.25) is 0 Å². The van der Waals surface area contributed by atoms with E-state index in [1.807, 2.05) is 49.4 Å². The lowest BCUT2D eigenvalue weighted by Gasteiger charge is -2.36. The summed E-state index contributed by atoms with van der Waals surface area (Å²) in [7, 11) is 1.61. The quantitative estimate of drug-likeness (QED) is 0.223. The van der Waals surface area contributed by atoms with Gasteiger partial charge >= 0.3 is 5.97 Å². The van der Waals surface area contributed by atoms with E-state index < -0.39 is 5.97 Å². The highest BCUT2D eigenvalue weighted by Crippen LogP contribution is 2.39. The second kappa shape index (κ2) is 11.5. The third-order valence-electron chi connectivity index (χ3n) is 5.77. The van der Waals surface area contributed by atoms with Gasteiger partial charge in [0, 0.05) is 12.1 Å². The van der Waals surface area contributed by atoms with E-state index in [9.17, 15) is 4.79 Å². The van der Waals surface area contributed by atoms with Gasteiger partial charge in [-0.25, -0.2) is 4.79 Å². The Hall–Kier alpha value is -3.93. The Kier molecular flexibility index (Phi) is 7.93. The largest absolute Gasteiger partial charge is 0.496 e. The molecular weight excluding hydrogens is 442 g/mol. The van der Waals surface area contributed by atoms with E-state index in [2.05, 4.69) is 35.2 Å². The molecule has 1 heterocycles. The van der Waals surface area contributed by atoms with Gasteiger partial charge in [0.2, 0.25) is 5.76 Å². The van der Waals surface area contributed by atoms with Crippen LogP contribution in [-0.2, 0) is 20.8 Å². The fraction of sp³-hybridized carbons (Fsp3) is 0.276. The molecule has 35 heavy (non-hydrogen) atoms. The predicted octanol–water partition coefficient (Wildman–Crippen LogP) is 5.78. The van der Waals surface area contributed by atoms with Crippen molar-refractivity contribution in [2.24, 2.45) is 0 Å². The van der Waals surface area contributed by atoms with Crippen molar-refractivity contribution in [1.29, 1.82) is 0 Å². The van der Waals surface area contributed by atoms with Crippen molar-refractivity contribution in [3.8, 4) is 11.5 Å². The van der Waals surface area contributed by atoms with Gasteiger partial charge in [-0.1, -0.05) is 54.6 Å². The molecule has 0 radical (unpaired) electrons. The average Bonchev–Trinajstić information content (AvgIpc) is 2.89. The zero-order valence-corrected chi connectivity index (χ0v) is 20.4. The standard InChI is InChI=1S/C29H31NO5/c1-4-33-27(29(31)34-5-2)18-22-15-16-23(17-26(22)32-3)28-20-30(19-21-11-7-6-8-12-21)24-13-9-10-14-25(24)35-28/h6-18,28H,4-5,19-20H2,1-3H3. The van der Waals surface area contributed by atoms with Gasteiger partial charge in [0.05, 0.1) is 32.6 Å². The van der Waals surface area contributed by atoms with Crippen LogP contribution in [0, 0.1) is 0 Å². The van der Waals surface area contributed by atoms with Gasteiger partial charge in [0.15, 0.2) is 0 Å². The van der Waals surface area contributed by atoms with Gasteiger partial charge in [-0.3, -0.25) is 0 Å². The maximum Gasteiger partial charge on any atom is 0.373 e. The van der Waals surface area contributed by atoms with Crippen LogP contribution in [0.25, 0.3) is 6.08 Å². The second-order valence-electron chi connectivity index (χ2n) is 8.10. The Bertz CT molecular complexity index is 1170. The average molecular weight is 474 g/mol. The molecule has 6 heteroatoms. The third kappa shape index (κ3) is 5.77. The van der Waals surface area contributed by atoms with E-state index in [0.29, 0.717) is 18.9 Å². The fourth-order valence-corrected chi connectivity index (χ4v) is 4.14. The smallest absolute Gasteiger partial charge is 0.373 e. The molecule has 0 saturated heterocycles. The molecule has 1 atom stereocenters. The fourth-order valence-electron chi connectivity index (χ4n) is 4.14. The van der Waals surface area contributed by atoms with E-state index in [-0.39, 0.29) is 18.5 Å². The molecule has 0 spiro atoms. The number of carbonyl (C=O) groups is 1. The summed E-state index contributed by atoms with van der Waals surface area (Å²) in [4.78, 5) is 14.6. The van der Waals surface area contributed by atoms with Crippen LogP contribution in [0.5, 0.6) is 11.5 Å². The molecule has 6 nitrogen and oxygen atoms in total. The Balaban J connectivity index is 1.63. The number of rotatable bonds is 9. The molecule has 0 amide bonds. The van der Waals surface area contributed by atoms with Gasteiger partial charge in [0.25, 0.3) is 0 Å². The van der Waals surface area contributed by atoms with Crippen molar-refractivity contribution < 1.29 is 23.7 Å². The van der Waals surface area contributed by atoms with Gasteiger partial charge in [0.1, 0.15) is 17.6 Å². The Morgan fingerprint density at radius 3 is 2.49 bits per heavy atom. The molecule has 0 aromatic heterocycles. The van der Waals surface area contributed by atoms with Crippen molar-refractivity contribution in [3.63, 3.8) is 0 Å². The first-order valence-corrected chi connectivity index (χ1v) is 11.9. The summed E-state index contributed by atoms with van der Waals surface area (Å²) in [6.45, 7) is 5.70. The van der Waals surface area contributed by atoms with E-state index in [1.54, 1.807) is 20.1 Å². The molecule has 0 aliphatic carbocycles. The summed E-state index contributed by atoms with van der Waals surface area (Å²) in [5.41, 5.74) is 4.03. The van der Waals surface area contributed by atoms with Crippen LogP contribution in [0.4, 0.5) is 5.69 Å². The molecule has 0 fully saturated rings. The van der Waals surface area contributed by atoms with Crippen LogP contribution >= 0.6 is 0 Å². The highest BCUT2D eigenvalue weighted by molar-refractivity contribution is 5.92. The molecule has 0 bridgehead atoms. The molecule has 3 aromatic rings. The zero-order valence-electron chi connectivity index (χ0n) is 20.4. The number of nitrogens with zero attached hydrogens (tertiary/aromatic N) is 1. The van der Waals surface area contributed by atoms with Crippen LogP contribution in [0.15, 0.2) is 78.6 Å². The van der Waals surface area contributed by atoms with Crippen LogP contribution < -0.4 is 14.4 Å². The maximum absolute atomic E-state index is 12.3. The van der Waals surface area contributed by atoms with Gasteiger partial charge in [-0.2, -0.15) is 0 Å². The summed E-state index contributed by atoms with van der Waals surface area (Å²) in [5.74, 6) is 1.13. The SMILES string of the molecule is CCOC(=O)C(=Cc1ccc(C2CN(Cc3ccccc3)c3ccccc3O2)cc1OC)OCC. The van der Waals surface area contributed by atoms with E-state index in [0.717, 1.165) is 29.1 Å². The highest BCUT2D eigenvalue weighted by atomic mass is 16.6.